The van der Waals surface area contributed by atoms with Crippen molar-refractivity contribution in [2.45, 2.75) is 4.90 Å². The van der Waals surface area contributed by atoms with Gasteiger partial charge >= 0.3 is 0 Å². The Balaban J connectivity index is 1.35. The van der Waals surface area contributed by atoms with E-state index in [0.29, 0.717) is 18.7 Å². The molecule has 0 spiro atoms. The summed E-state index contributed by atoms with van der Waals surface area (Å²) in [6.07, 6.45) is 3.23. The molecule has 4 rings (SSSR count). The predicted molar refractivity (Wildman–Crippen MR) is 125 cm³/mol. The predicted octanol–water partition coefficient (Wildman–Crippen LogP) is 3.97. The largest absolute Gasteiger partial charge is 0.337 e. The monoisotopic (exact) mass is 481 g/mol. The number of carbonyl (C=O) groups is 1. The van der Waals surface area contributed by atoms with Crippen LogP contribution in [0.25, 0.3) is 16.5 Å². The number of sulfonamides is 1. The van der Waals surface area contributed by atoms with E-state index in [1.807, 2.05) is 18.2 Å². The molecule has 6 nitrogen and oxygen atoms in total. The molecule has 168 valence electrons. The van der Waals surface area contributed by atoms with Gasteiger partial charge in [0.25, 0.3) is 0 Å². The molecule has 0 bridgehead atoms. The van der Waals surface area contributed by atoms with Crippen LogP contribution in [0.2, 0.25) is 0 Å². The average Bonchev–Trinajstić information content (AvgIpc) is 3.32. The molecule has 0 atom stereocenters. The number of rotatable bonds is 5. The fourth-order valence-electron chi connectivity index (χ4n) is 3.47. The van der Waals surface area contributed by atoms with E-state index in [4.69, 9.17) is 5.26 Å². The first kappa shape index (κ1) is 22.9. The van der Waals surface area contributed by atoms with Gasteiger partial charge in [-0.1, -0.05) is 12.1 Å². The van der Waals surface area contributed by atoms with Crippen molar-refractivity contribution in [1.29, 1.82) is 5.26 Å². The molecule has 0 aliphatic carbocycles. The number of thiophene rings is 1. The highest BCUT2D eigenvalue weighted by molar-refractivity contribution is 7.89. The molecule has 1 amide bonds. The molecule has 1 aliphatic rings. The minimum Gasteiger partial charge on any atom is -0.337 e. The Morgan fingerprint density at radius 3 is 2.27 bits per heavy atom. The zero-order valence-electron chi connectivity index (χ0n) is 17.5. The molecular weight excluding hydrogens is 461 g/mol. The maximum Gasteiger partial charge on any atom is 0.246 e. The lowest BCUT2D eigenvalue weighted by atomic mass is 10.2. The second-order valence-corrected chi connectivity index (χ2v) is 10.5. The van der Waals surface area contributed by atoms with Crippen LogP contribution >= 0.6 is 11.3 Å². The molecule has 2 aromatic carbocycles. The minimum atomic E-state index is -3.67. The van der Waals surface area contributed by atoms with Gasteiger partial charge in [0, 0.05) is 42.0 Å². The van der Waals surface area contributed by atoms with E-state index in [1.165, 1.54) is 58.1 Å². The van der Waals surface area contributed by atoms with Gasteiger partial charge in [0.05, 0.1) is 16.5 Å². The first-order valence-corrected chi connectivity index (χ1v) is 12.5. The van der Waals surface area contributed by atoms with Crippen LogP contribution in [-0.4, -0.2) is 49.7 Å². The third kappa shape index (κ3) is 5.20. The lowest BCUT2D eigenvalue weighted by Gasteiger charge is -2.33. The molecule has 9 heteroatoms. The lowest BCUT2D eigenvalue weighted by Crippen LogP contribution is -2.50. The summed E-state index contributed by atoms with van der Waals surface area (Å²) in [4.78, 5) is 16.2. The highest BCUT2D eigenvalue weighted by atomic mass is 32.2. The molecule has 2 heterocycles. The van der Waals surface area contributed by atoms with Gasteiger partial charge < -0.3 is 4.90 Å². The number of benzene rings is 2. The van der Waals surface area contributed by atoms with E-state index < -0.39 is 10.0 Å². The maximum absolute atomic E-state index is 13.1. The summed E-state index contributed by atoms with van der Waals surface area (Å²) in [5.41, 5.74) is 1.30. The molecule has 1 fully saturated rings. The number of hydrogen-bond donors (Lipinski definition) is 0. The van der Waals surface area contributed by atoms with Crippen molar-refractivity contribution in [2.24, 2.45) is 0 Å². The molecule has 0 saturated carbocycles. The second kappa shape index (κ2) is 9.67. The Morgan fingerprint density at radius 2 is 1.64 bits per heavy atom. The number of nitriles is 1. The molecule has 0 radical (unpaired) electrons. The van der Waals surface area contributed by atoms with Gasteiger partial charge in [-0.25, -0.2) is 12.8 Å². The topological polar surface area (TPSA) is 81.5 Å². The van der Waals surface area contributed by atoms with Crippen LogP contribution in [0.3, 0.4) is 0 Å². The van der Waals surface area contributed by atoms with Crippen molar-refractivity contribution in [3.05, 3.63) is 83.0 Å². The van der Waals surface area contributed by atoms with Crippen molar-refractivity contribution in [1.82, 2.24) is 9.21 Å². The van der Waals surface area contributed by atoms with Crippen LogP contribution in [-0.2, 0) is 14.8 Å². The van der Waals surface area contributed by atoms with Gasteiger partial charge in [-0.3, -0.25) is 4.79 Å². The highest BCUT2D eigenvalue weighted by Gasteiger charge is 2.29. The lowest BCUT2D eigenvalue weighted by molar-refractivity contribution is -0.127. The third-order valence-corrected chi connectivity index (χ3v) is 8.33. The summed E-state index contributed by atoms with van der Waals surface area (Å²) in [7, 11) is -3.67. The zero-order valence-corrected chi connectivity index (χ0v) is 19.2. The fourth-order valence-corrected chi connectivity index (χ4v) is 5.81. The number of halogens is 1. The summed E-state index contributed by atoms with van der Waals surface area (Å²) >= 11 is 1.50. The first-order valence-electron chi connectivity index (χ1n) is 10.2. The molecule has 0 unspecified atom stereocenters. The molecular formula is C24H20FN3O3S2. The number of piperazine rings is 1. The van der Waals surface area contributed by atoms with Gasteiger partial charge in [-0.05, 0) is 60.2 Å². The highest BCUT2D eigenvalue weighted by Crippen LogP contribution is 2.29. The van der Waals surface area contributed by atoms with E-state index in [2.05, 4.69) is 0 Å². The SMILES string of the molecule is N#Cc1ccc(S(=O)(=O)N2CCN(C(=O)/C=C/c3ccc(-c4ccc(F)cc4)s3)CC2)cc1. The number of carbonyl (C=O) groups excluding carboxylic acids is 1. The Labute approximate surface area is 195 Å². The smallest absolute Gasteiger partial charge is 0.246 e. The molecule has 0 N–H and O–H groups in total. The zero-order chi connectivity index (χ0) is 23.4. The molecule has 1 aliphatic heterocycles. The van der Waals surface area contributed by atoms with Crippen LogP contribution in [0.15, 0.2) is 71.6 Å². The summed E-state index contributed by atoms with van der Waals surface area (Å²) < 4.78 is 40.1. The average molecular weight is 482 g/mol. The molecule has 1 saturated heterocycles. The van der Waals surface area contributed by atoms with E-state index in [1.54, 1.807) is 23.1 Å². The van der Waals surface area contributed by atoms with E-state index in [9.17, 15) is 17.6 Å². The van der Waals surface area contributed by atoms with Crippen molar-refractivity contribution in [3.8, 4) is 16.5 Å². The van der Waals surface area contributed by atoms with Gasteiger partial charge in [0.2, 0.25) is 15.9 Å². The Hall–Kier alpha value is -3.32. The quantitative estimate of drug-likeness (QED) is 0.517. The summed E-state index contributed by atoms with van der Waals surface area (Å²) in [5, 5.41) is 8.88. The Bertz CT molecular complexity index is 1320. The number of hydrogen-bond acceptors (Lipinski definition) is 5. The van der Waals surface area contributed by atoms with E-state index in [0.717, 1.165) is 15.3 Å². The first-order chi connectivity index (χ1) is 15.9. The van der Waals surface area contributed by atoms with E-state index >= 15 is 0 Å². The van der Waals surface area contributed by atoms with Crippen molar-refractivity contribution in [2.75, 3.05) is 26.2 Å². The van der Waals surface area contributed by atoms with Crippen LogP contribution < -0.4 is 0 Å². The summed E-state index contributed by atoms with van der Waals surface area (Å²) in [6, 6.07) is 17.8. The normalized spacial score (nSPS) is 15.0. The Morgan fingerprint density at radius 1 is 0.970 bits per heavy atom. The standard InChI is InChI=1S/C24H20FN3O3S2/c25-20-5-3-19(4-6-20)23-11-7-21(32-23)8-12-24(29)27-13-15-28(16-14-27)33(30,31)22-9-1-18(17-26)2-10-22/h1-12H,13-16H2/b12-8+. The van der Waals surface area contributed by atoms with Crippen LogP contribution in [0.4, 0.5) is 4.39 Å². The number of amides is 1. The van der Waals surface area contributed by atoms with Crippen molar-refractivity contribution in [3.63, 3.8) is 0 Å². The van der Waals surface area contributed by atoms with Gasteiger partial charge in [-0.2, -0.15) is 9.57 Å². The number of nitrogens with zero attached hydrogens (tertiary/aromatic N) is 3. The van der Waals surface area contributed by atoms with Crippen LogP contribution in [0, 0.1) is 17.1 Å². The van der Waals surface area contributed by atoms with Gasteiger partial charge in [0.15, 0.2) is 0 Å². The summed E-state index contributed by atoms with van der Waals surface area (Å²) in [5.74, 6) is -0.465. The molecule has 33 heavy (non-hydrogen) atoms. The molecule has 3 aromatic rings. The Kier molecular flexibility index (Phi) is 6.70. The van der Waals surface area contributed by atoms with E-state index in [-0.39, 0.29) is 29.7 Å². The summed E-state index contributed by atoms with van der Waals surface area (Å²) in [6.45, 7) is 0.999. The fraction of sp³-hybridized carbons (Fsp3) is 0.167. The second-order valence-electron chi connectivity index (χ2n) is 7.41. The van der Waals surface area contributed by atoms with Crippen LogP contribution in [0.5, 0.6) is 0 Å². The van der Waals surface area contributed by atoms with Crippen molar-refractivity contribution >= 4 is 33.3 Å². The van der Waals surface area contributed by atoms with Gasteiger partial charge in [0.1, 0.15) is 5.82 Å². The maximum atomic E-state index is 13.1. The van der Waals surface area contributed by atoms with Crippen molar-refractivity contribution < 1.29 is 17.6 Å². The van der Waals surface area contributed by atoms with Gasteiger partial charge in [-0.15, -0.1) is 11.3 Å². The van der Waals surface area contributed by atoms with Crippen LogP contribution in [0.1, 0.15) is 10.4 Å². The molecule has 1 aromatic heterocycles. The minimum absolute atomic E-state index is 0.135. The third-order valence-electron chi connectivity index (χ3n) is 5.32.